The first-order valence-electron chi connectivity index (χ1n) is 9.05. The number of amides is 1. The van der Waals surface area contributed by atoms with Gasteiger partial charge in [0.15, 0.2) is 0 Å². The van der Waals surface area contributed by atoms with Crippen molar-refractivity contribution < 1.29 is 9.53 Å². The average molecular weight is 434 g/mol. The fourth-order valence-corrected chi connectivity index (χ4v) is 3.36. The van der Waals surface area contributed by atoms with Crippen molar-refractivity contribution in [3.63, 3.8) is 0 Å². The van der Waals surface area contributed by atoms with E-state index < -0.39 is 0 Å². The third-order valence-electron chi connectivity index (χ3n) is 4.45. The van der Waals surface area contributed by atoms with Gasteiger partial charge in [0, 0.05) is 29.7 Å². The number of anilines is 1. The normalized spacial score (nSPS) is 16.5. The van der Waals surface area contributed by atoms with Gasteiger partial charge in [0.2, 0.25) is 5.91 Å². The number of halogens is 2. The molecule has 1 aromatic carbocycles. The van der Waals surface area contributed by atoms with Crippen molar-refractivity contribution in [3.05, 3.63) is 28.7 Å². The Morgan fingerprint density at radius 2 is 2.24 bits per heavy atom. The fourth-order valence-electron chi connectivity index (χ4n) is 2.97. The topological polar surface area (TPSA) is 41.6 Å². The van der Waals surface area contributed by atoms with E-state index in [4.69, 9.17) is 4.74 Å². The molecule has 1 unspecified atom stereocenters. The fraction of sp³-hybridized carbons (Fsp3) is 0.632. The molecular weight excluding hydrogens is 404 g/mol. The molecule has 1 atom stereocenters. The Hall–Kier alpha value is -0.620. The van der Waals surface area contributed by atoms with Crippen LogP contribution in [0.1, 0.15) is 39.0 Å². The highest BCUT2D eigenvalue weighted by Crippen LogP contribution is 2.22. The second kappa shape index (κ2) is 12.7. The highest BCUT2D eigenvalue weighted by molar-refractivity contribution is 9.10. The Kier molecular flexibility index (Phi) is 11.4. The lowest BCUT2D eigenvalue weighted by Gasteiger charge is -2.24. The van der Waals surface area contributed by atoms with Crippen LogP contribution in [0.25, 0.3) is 0 Å². The van der Waals surface area contributed by atoms with Crippen LogP contribution < -0.4 is 10.2 Å². The molecule has 1 amide bonds. The number of carbonyl (C=O) groups excluding carboxylic acids is 1. The lowest BCUT2D eigenvalue weighted by molar-refractivity contribution is -0.119. The van der Waals surface area contributed by atoms with Crippen molar-refractivity contribution in [1.29, 1.82) is 0 Å². The number of carbonyl (C=O) groups is 1. The molecule has 1 heterocycles. The van der Waals surface area contributed by atoms with Crippen LogP contribution >= 0.6 is 28.3 Å². The molecule has 6 heteroatoms. The second-order valence-corrected chi connectivity index (χ2v) is 7.30. The molecule has 0 spiro atoms. The summed E-state index contributed by atoms with van der Waals surface area (Å²) in [5, 5.41) is 3.37. The molecular formula is C19H30BrClN2O2. The molecule has 0 bridgehead atoms. The number of nitrogens with one attached hydrogen (secondary N) is 1. The smallest absolute Gasteiger partial charge is 0.227 e. The Morgan fingerprint density at radius 1 is 1.40 bits per heavy atom. The highest BCUT2D eigenvalue weighted by atomic mass is 79.9. The predicted molar refractivity (Wildman–Crippen MR) is 110 cm³/mol. The monoisotopic (exact) mass is 432 g/mol. The van der Waals surface area contributed by atoms with Gasteiger partial charge in [-0.1, -0.05) is 35.3 Å². The van der Waals surface area contributed by atoms with Gasteiger partial charge in [0.1, 0.15) is 0 Å². The van der Waals surface area contributed by atoms with Crippen LogP contribution in [-0.2, 0) is 9.53 Å². The van der Waals surface area contributed by atoms with Gasteiger partial charge in [0.25, 0.3) is 0 Å². The molecule has 25 heavy (non-hydrogen) atoms. The maximum Gasteiger partial charge on any atom is 0.227 e. The number of ether oxygens (including phenoxy) is 1. The Labute approximate surface area is 166 Å². The summed E-state index contributed by atoms with van der Waals surface area (Å²) in [5.74, 6) is 0.832. The van der Waals surface area contributed by atoms with E-state index >= 15 is 0 Å². The molecule has 1 fully saturated rings. The highest BCUT2D eigenvalue weighted by Gasteiger charge is 2.20. The number of benzene rings is 1. The first-order chi connectivity index (χ1) is 11.7. The molecule has 142 valence electrons. The molecule has 0 radical (unpaired) electrons. The Balaban J connectivity index is 0.00000312. The first-order valence-corrected chi connectivity index (χ1v) is 9.84. The molecule has 0 aliphatic carbocycles. The summed E-state index contributed by atoms with van der Waals surface area (Å²) in [6.07, 6.45) is 4.95. The van der Waals surface area contributed by atoms with E-state index in [0.29, 0.717) is 25.5 Å². The Bertz CT molecular complexity index is 510. The summed E-state index contributed by atoms with van der Waals surface area (Å²) in [5.41, 5.74) is 0.943. The van der Waals surface area contributed by atoms with Crippen LogP contribution in [0.4, 0.5) is 5.69 Å². The average Bonchev–Trinajstić information content (AvgIpc) is 3.09. The minimum atomic E-state index is 0. The first kappa shape index (κ1) is 22.4. The molecule has 1 aromatic rings. The van der Waals surface area contributed by atoms with Gasteiger partial charge in [-0.05, 0) is 56.5 Å². The van der Waals surface area contributed by atoms with Crippen LogP contribution in [0.15, 0.2) is 28.7 Å². The quantitative estimate of drug-likeness (QED) is 0.556. The minimum absolute atomic E-state index is 0. The zero-order chi connectivity index (χ0) is 17.2. The van der Waals surface area contributed by atoms with E-state index in [2.05, 4.69) is 28.2 Å². The predicted octanol–water partition coefficient (Wildman–Crippen LogP) is 4.41. The van der Waals surface area contributed by atoms with Crippen molar-refractivity contribution >= 4 is 39.9 Å². The van der Waals surface area contributed by atoms with Crippen LogP contribution in [0.3, 0.4) is 0 Å². The van der Waals surface area contributed by atoms with Crippen molar-refractivity contribution in [3.8, 4) is 0 Å². The lowest BCUT2D eigenvalue weighted by atomic mass is 10.0. The van der Waals surface area contributed by atoms with Crippen molar-refractivity contribution in [2.75, 3.05) is 37.7 Å². The Morgan fingerprint density at radius 3 is 2.92 bits per heavy atom. The van der Waals surface area contributed by atoms with Crippen LogP contribution in [-0.4, -0.2) is 38.8 Å². The molecule has 2 rings (SSSR count). The summed E-state index contributed by atoms with van der Waals surface area (Å²) in [6, 6.07) is 7.94. The maximum absolute atomic E-state index is 12.8. The molecule has 0 aromatic heterocycles. The lowest BCUT2D eigenvalue weighted by Crippen LogP contribution is -2.34. The number of hydrogen-bond donors (Lipinski definition) is 1. The molecule has 1 aliphatic rings. The molecule has 1 N–H and O–H groups in total. The molecule has 1 saturated heterocycles. The largest absolute Gasteiger partial charge is 0.380 e. The molecule has 4 nitrogen and oxygen atoms in total. The third-order valence-corrected chi connectivity index (χ3v) is 4.94. The van der Waals surface area contributed by atoms with Gasteiger partial charge in [-0.2, -0.15) is 0 Å². The van der Waals surface area contributed by atoms with Gasteiger partial charge >= 0.3 is 0 Å². The van der Waals surface area contributed by atoms with Crippen LogP contribution in [0.5, 0.6) is 0 Å². The van der Waals surface area contributed by atoms with Crippen molar-refractivity contribution in [2.24, 2.45) is 5.92 Å². The summed E-state index contributed by atoms with van der Waals surface area (Å²) in [4.78, 5) is 14.6. The zero-order valence-corrected chi connectivity index (χ0v) is 17.4. The SMILES string of the molecule is CCCCOCCN(C(=O)CCC1CCNC1)c1cccc(Br)c1.Cl. The van der Waals surface area contributed by atoms with Crippen molar-refractivity contribution in [1.82, 2.24) is 5.32 Å². The minimum Gasteiger partial charge on any atom is -0.380 e. The van der Waals surface area contributed by atoms with Gasteiger partial charge in [-0.25, -0.2) is 0 Å². The van der Waals surface area contributed by atoms with Gasteiger partial charge < -0.3 is 15.0 Å². The van der Waals surface area contributed by atoms with E-state index in [-0.39, 0.29) is 18.3 Å². The van der Waals surface area contributed by atoms with Crippen molar-refractivity contribution in [2.45, 2.75) is 39.0 Å². The second-order valence-electron chi connectivity index (χ2n) is 6.39. The van der Waals surface area contributed by atoms with Gasteiger partial charge in [0.05, 0.1) is 6.61 Å². The summed E-state index contributed by atoms with van der Waals surface area (Å²) in [7, 11) is 0. The maximum atomic E-state index is 12.8. The van der Waals surface area contributed by atoms with E-state index in [0.717, 1.165) is 49.1 Å². The van der Waals surface area contributed by atoms with E-state index in [1.807, 2.05) is 29.2 Å². The number of rotatable bonds is 10. The summed E-state index contributed by atoms with van der Waals surface area (Å²) >= 11 is 3.50. The number of unbranched alkanes of at least 4 members (excludes halogenated alkanes) is 1. The van der Waals surface area contributed by atoms with Gasteiger partial charge in [-0.15, -0.1) is 12.4 Å². The number of nitrogens with zero attached hydrogens (tertiary/aromatic N) is 1. The summed E-state index contributed by atoms with van der Waals surface area (Å²) < 4.78 is 6.66. The summed E-state index contributed by atoms with van der Waals surface area (Å²) in [6.45, 7) is 6.25. The molecule has 0 saturated carbocycles. The standard InChI is InChI=1S/C19H29BrN2O2.ClH/c1-2-3-12-24-13-11-22(18-6-4-5-17(20)14-18)19(23)8-7-16-9-10-21-15-16;/h4-6,14,16,21H,2-3,7-13,15H2,1H3;1H. The third kappa shape index (κ3) is 8.07. The van der Waals surface area contributed by atoms with E-state index in [1.165, 1.54) is 6.42 Å². The van der Waals surface area contributed by atoms with Crippen LogP contribution in [0, 0.1) is 5.92 Å². The number of hydrogen-bond acceptors (Lipinski definition) is 3. The van der Waals surface area contributed by atoms with E-state index in [1.54, 1.807) is 0 Å². The van der Waals surface area contributed by atoms with E-state index in [9.17, 15) is 4.79 Å². The van der Waals surface area contributed by atoms with Crippen LogP contribution in [0.2, 0.25) is 0 Å². The zero-order valence-electron chi connectivity index (χ0n) is 15.0. The molecule has 1 aliphatic heterocycles. The van der Waals surface area contributed by atoms with Gasteiger partial charge in [-0.3, -0.25) is 4.79 Å².